The molecule has 4 rings (SSSR count). The molecule has 7 heteroatoms. The largest absolute Gasteiger partial charge is 0.496 e. The van der Waals surface area contributed by atoms with E-state index >= 15 is 0 Å². The number of ether oxygens (including phenoxy) is 1. The molecular formula is C24H32N4O3. The summed E-state index contributed by atoms with van der Waals surface area (Å²) in [5.41, 5.74) is 3.06. The molecule has 0 radical (unpaired) electrons. The van der Waals surface area contributed by atoms with Gasteiger partial charge in [0.1, 0.15) is 5.75 Å². The number of rotatable bonds is 4. The number of aromatic nitrogens is 2. The minimum absolute atomic E-state index is 0.0230. The molecule has 0 spiro atoms. The topological polar surface area (TPSA) is 78.5 Å². The highest BCUT2D eigenvalue weighted by Gasteiger charge is 2.31. The molecule has 2 aliphatic rings. The number of para-hydroxylation sites is 1. The summed E-state index contributed by atoms with van der Waals surface area (Å²) in [5.74, 6) is 0.745. The van der Waals surface area contributed by atoms with E-state index in [1.165, 1.54) is 12.8 Å². The summed E-state index contributed by atoms with van der Waals surface area (Å²) in [4.78, 5) is 30.3. The number of aryl methyl sites for hydroxylation is 1. The average molecular weight is 425 g/mol. The van der Waals surface area contributed by atoms with Crippen LogP contribution in [0.1, 0.15) is 76.4 Å². The summed E-state index contributed by atoms with van der Waals surface area (Å²) in [5, 5.41) is 7.29. The normalized spacial score (nSPS) is 19.7. The fourth-order valence-electron chi connectivity index (χ4n) is 4.88. The van der Waals surface area contributed by atoms with Crippen molar-refractivity contribution >= 4 is 11.8 Å². The molecule has 2 aromatic rings. The van der Waals surface area contributed by atoms with Crippen LogP contribution in [0, 0.1) is 6.92 Å². The number of benzene rings is 1. The van der Waals surface area contributed by atoms with Crippen molar-refractivity contribution in [3.63, 3.8) is 0 Å². The Morgan fingerprint density at radius 3 is 2.45 bits per heavy atom. The third-order valence-corrected chi connectivity index (χ3v) is 6.56. The third-order valence-electron chi connectivity index (χ3n) is 6.56. The smallest absolute Gasteiger partial charge is 0.257 e. The first kappa shape index (κ1) is 21.4. The van der Waals surface area contributed by atoms with Crippen molar-refractivity contribution in [3.05, 3.63) is 46.8 Å². The molecule has 31 heavy (non-hydrogen) atoms. The standard InChI is InChI=1S/C24H32N4O3/c1-17-9-7-11-19(22(17)31-2)23(29)28-14-8-10-18(16-28)21-20(15-25-26-21)24(30)27-12-5-3-4-6-13-27/h7,9,11,15,18H,3-6,8,10,12-14,16H2,1-2H3,(H,25,26). The summed E-state index contributed by atoms with van der Waals surface area (Å²) in [6, 6.07) is 5.65. The number of carbonyl (C=O) groups is 2. The molecule has 3 heterocycles. The molecule has 2 fully saturated rings. The van der Waals surface area contributed by atoms with Crippen LogP contribution in [0.4, 0.5) is 0 Å². The van der Waals surface area contributed by atoms with E-state index in [0.29, 0.717) is 30.0 Å². The predicted molar refractivity (Wildman–Crippen MR) is 119 cm³/mol. The SMILES string of the molecule is COc1c(C)cccc1C(=O)N1CCCC(c2[nH]ncc2C(=O)N2CCCCCC2)C1. The number of piperidine rings is 1. The maximum absolute atomic E-state index is 13.3. The van der Waals surface area contributed by atoms with Crippen molar-refractivity contribution < 1.29 is 14.3 Å². The van der Waals surface area contributed by atoms with E-state index in [2.05, 4.69) is 10.2 Å². The second kappa shape index (κ2) is 9.54. The van der Waals surface area contributed by atoms with Gasteiger partial charge in [0, 0.05) is 32.1 Å². The maximum atomic E-state index is 13.3. The Hall–Kier alpha value is -2.83. The Bertz CT molecular complexity index is 931. The van der Waals surface area contributed by atoms with Crippen molar-refractivity contribution in [2.75, 3.05) is 33.3 Å². The molecule has 1 aromatic heterocycles. The lowest BCUT2D eigenvalue weighted by molar-refractivity contribution is 0.0701. The highest BCUT2D eigenvalue weighted by Crippen LogP contribution is 2.31. The highest BCUT2D eigenvalue weighted by atomic mass is 16.5. The van der Waals surface area contributed by atoms with Crippen molar-refractivity contribution in [2.45, 2.75) is 51.4 Å². The van der Waals surface area contributed by atoms with Crippen LogP contribution in [0.15, 0.2) is 24.4 Å². The van der Waals surface area contributed by atoms with Crippen molar-refractivity contribution in [2.24, 2.45) is 0 Å². The number of aromatic amines is 1. The second-order valence-corrected chi connectivity index (χ2v) is 8.65. The third kappa shape index (κ3) is 4.45. The zero-order valence-corrected chi connectivity index (χ0v) is 18.5. The lowest BCUT2D eigenvalue weighted by Crippen LogP contribution is -2.40. The number of hydrogen-bond donors (Lipinski definition) is 1. The van der Waals surface area contributed by atoms with Gasteiger partial charge in [0.2, 0.25) is 0 Å². The van der Waals surface area contributed by atoms with E-state index in [0.717, 1.165) is 50.0 Å². The minimum Gasteiger partial charge on any atom is -0.496 e. The quantitative estimate of drug-likeness (QED) is 0.811. The van der Waals surface area contributed by atoms with Gasteiger partial charge in [0.15, 0.2) is 0 Å². The van der Waals surface area contributed by atoms with E-state index in [-0.39, 0.29) is 17.7 Å². The summed E-state index contributed by atoms with van der Waals surface area (Å²) in [7, 11) is 1.60. The first-order valence-corrected chi connectivity index (χ1v) is 11.4. The molecule has 2 aliphatic heterocycles. The van der Waals surface area contributed by atoms with E-state index in [4.69, 9.17) is 4.74 Å². The van der Waals surface area contributed by atoms with Gasteiger partial charge in [-0.15, -0.1) is 0 Å². The molecule has 2 saturated heterocycles. The van der Waals surface area contributed by atoms with Crippen LogP contribution in [-0.4, -0.2) is 65.1 Å². The van der Waals surface area contributed by atoms with Crippen molar-refractivity contribution in [3.8, 4) is 5.75 Å². The number of nitrogens with zero attached hydrogens (tertiary/aromatic N) is 3. The summed E-state index contributed by atoms with van der Waals surface area (Å²) >= 11 is 0. The molecule has 0 aliphatic carbocycles. The van der Waals surface area contributed by atoms with Crippen LogP contribution in [-0.2, 0) is 0 Å². The highest BCUT2D eigenvalue weighted by molar-refractivity contribution is 5.98. The van der Waals surface area contributed by atoms with Gasteiger partial charge in [-0.25, -0.2) is 0 Å². The lowest BCUT2D eigenvalue weighted by Gasteiger charge is -2.33. The van der Waals surface area contributed by atoms with E-state index in [1.54, 1.807) is 13.3 Å². The van der Waals surface area contributed by atoms with Gasteiger partial charge in [-0.05, 0) is 44.2 Å². The molecular weight excluding hydrogens is 392 g/mol. The lowest BCUT2D eigenvalue weighted by atomic mass is 9.91. The van der Waals surface area contributed by atoms with Gasteiger partial charge in [-0.3, -0.25) is 14.7 Å². The summed E-state index contributed by atoms with van der Waals surface area (Å²) < 4.78 is 5.50. The summed E-state index contributed by atoms with van der Waals surface area (Å²) in [6.07, 6.45) is 7.96. The number of likely N-dealkylation sites (tertiary alicyclic amines) is 2. The molecule has 2 amide bonds. The Labute approximate surface area is 183 Å². The Balaban J connectivity index is 1.52. The minimum atomic E-state index is -0.0230. The van der Waals surface area contributed by atoms with Crippen molar-refractivity contribution in [1.29, 1.82) is 0 Å². The van der Waals surface area contributed by atoms with Gasteiger partial charge in [-0.2, -0.15) is 5.10 Å². The van der Waals surface area contributed by atoms with Gasteiger partial charge in [0.05, 0.1) is 30.1 Å². The fraction of sp³-hybridized carbons (Fsp3) is 0.542. The maximum Gasteiger partial charge on any atom is 0.257 e. The van der Waals surface area contributed by atoms with Crippen LogP contribution >= 0.6 is 0 Å². The van der Waals surface area contributed by atoms with E-state index in [9.17, 15) is 9.59 Å². The number of methoxy groups -OCH3 is 1. The average Bonchev–Trinajstić information content (AvgIpc) is 3.13. The van der Waals surface area contributed by atoms with E-state index < -0.39 is 0 Å². The van der Waals surface area contributed by atoms with Crippen molar-refractivity contribution in [1.82, 2.24) is 20.0 Å². The molecule has 0 bridgehead atoms. The molecule has 1 N–H and O–H groups in total. The van der Waals surface area contributed by atoms with E-state index in [1.807, 2.05) is 34.9 Å². The number of hydrogen-bond acceptors (Lipinski definition) is 4. The zero-order valence-electron chi connectivity index (χ0n) is 18.5. The first-order chi connectivity index (χ1) is 15.1. The molecule has 1 atom stereocenters. The Kier molecular flexibility index (Phi) is 6.59. The number of nitrogens with one attached hydrogen (secondary N) is 1. The number of carbonyl (C=O) groups excluding carboxylic acids is 2. The molecule has 0 saturated carbocycles. The van der Waals surface area contributed by atoms with Crippen LogP contribution < -0.4 is 4.74 Å². The van der Waals surface area contributed by atoms with Crippen LogP contribution in [0.25, 0.3) is 0 Å². The molecule has 1 unspecified atom stereocenters. The van der Waals surface area contributed by atoms with Gasteiger partial charge in [-0.1, -0.05) is 25.0 Å². The number of H-pyrrole nitrogens is 1. The Morgan fingerprint density at radius 1 is 1.00 bits per heavy atom. The Morgan fingerprint density at radius 2 is 1.71 bits per heavy atom. The predicted octanol–water partition coefficient (Wildman–Crippen LogP) is 3.76. The van der Waals surface area contributed by atoms with Gasteiger partial charge in [0.25, 0.3) is 11.8 Å². The van der Waals surface area contributed by atoms with Crippen LogP contribution in [0.3, 0.4) is 0 Å². The van der Waals surface area contributed by atoms with Gasteiger partial charge >= 0.3 is 0 Å². The monoisotopic (exact) mass is 424 g/mol. The first-order valence-electron chi connectivity index (χ1n) is 11.4. The van der Waals surface area contributed by atoms with Crippen LogP contribution in [0.2, 0.25) is 0 Å². The fourth-order valence-corrected chi connectivity index (χ4v) is 4.88. The second-order valence-electron chi connectivity index (χ2n) is 8.65. The molecule has 166 valence electrons. The zero-order chi connectivity index (χ0) is 21.8. The summed E-state index contributed by atoms with van der Waals surface area (Å²) in [6.45, 7) is 4.84. The van der Waals surface area contributed by atoms with Gasteiger partial charge < -0.3 is 14.5 Å². The number of amides is 2. The molecule has 1 aromatic carbocycles. The van der Waals surface area contributed by atoms with Crippen LogP contribution in [0.5, 0.6) is 5.75 Å². The molecule has 7 nitrogen and oxygen atoms in total.